The van der Waals surface area contributed by atoms with Crippen LogP contribution in [0.4, 0.5) is 0 Å². The van der Waals surface area contributed by atoms with Gasteiger partial charge in [-0.25, -0.2) is 59.8 Å². The number of aromatic nitrogens is 13. The number of aryl methyl sites for hydroxylation is 4. The van der Waals surface area contributed by atoms with Crippen LogP contribution in [0, 0.1) is 27.7 Å². The highest BCUT2D eigenvalue weighted by atomic mass is 15.1. The topological polar surface area (TPSA) is 160 Å². The Balaban J connectivity index is 1.15. The van der Waals surface area contributed by atoms with Gasteiger partial charge in [-0.15, -0.1) is 0 Å². The summed E-state index contributed by atoms with van der Waals surface area (Å²) in [7, 11) is 0. The number of fused-ring (bicyclic) bond motifs is 3. The van der Waals surface area contributed by atoms with E-state index in [0.717, 1.165) is 72.0 Å². The zero-order chi connectivity index (χ0) is 48.0. The predicted molar refractivity (Wildman–Crippen MR) is 277 cm³/mol. The Hall–Kier alpha value is -9.62. The highest BCUT2D eigenvalue weighted by molar-refractivity contribution is 6.12. The highest BCUT2D eigenvalue weighted by Gasteiger charge is 2.23. The third-order valence-corrected chi connectivity index (χ3v) is 12.1. The van der Waals surface area contributed by atoms with E-state index in [-0.39, 0.29) is 0 Å². The summed E-state index contributed by atoms with van der Waals surface area (Å²) in [5.41, 5.74) is 9.31. The monoisotopic (exact) mass is 919 g/mol. The molecule has 0 amide bonds. The molecule has 0 N–H and O–H groups in total. The molecule has 0 fully saturated rings. The molecule has 0 aliphatic heterocycles. The Morgan fingerprint density at radius 1 is 0.254 bits per heavy atom. The molecule has 13 heteroatoms. The molecule has 0 unspecified atom stereocenters. The molecule has 12 rings (SSSR count). The van der Waals surface area contributed by atoms with Crippen LogP contribution in [0.3, 0.4) is 0 Å². The van der Waals surface area contributed by atoms with Gasteiger partial charge in [-0.05, 0) is 82.3 Å². The van der Waals surface area contributed by atoms with E-state index in [2.05, 4.69) is 69.1 Å². The second-order valence-electron chi connectivity index (χ2n) is 17.1. The standard InChI is InChI=1S/C58H41N13/c1-34-59-35(2)62-55(61-34)42-25-28-48-45(31-42)46-32-43(56-63-36(3)60-37(4)64-56)26-29-49(46)71(48)50-30-27-44(57-67-51(38-17-9-5-10-18-38)65-52(68-57)39-19-11-6-12-20-39)33-47(50)58-69-53(40-21-13-7-14-22-40)66-54(70-58)41-23-15-8-16-24-41/h5-33H,1-4H3. The molecule has 0 aliphatic carbocycles. The Morgan fingerprint density at radius 3 is 0.915 bits per heavy atom. The molecule has 5 heterocycles. The van der Waals surface area contributed by atoms with Gasteiger partial charge in [-0.2, -0.15) is 0 Å². The van der Waals surface area contributed by atoms with Crippen LogP contribution in [0.2, 0.25) is 0 Å². The van der Waals surface area contributed by atoms with Crippen LogP contribution in [0.5, 0.6) is 0 Å². The molecule has 71 heavy (non-hydrogen) atoms. The zero-order valence-corrected chi connectivity index (χ0v) is 39.1. The molecule has 338 valence electrons. The maximum atomic E-state index is 5.30. The van der Waals surface area contributed by atoms with Gasteiger partial charge in [0.2, 0.25) is 0 Å². The number of nitrogens with zero attached hydrogens (tertiary/aromatic N) is 13. The molecule has 12 aromatic rings. The lowest BCUT2D eigenvalue weighted by Gasteiger charge is -2.16. The first-order valence-electron chi connectivity index (χ1n) is 23.1. The van der Waals surface area contributed by atoms with Crippen LogP contribution < -0.4 is 0 Å². The summed E-state index contributed by atoms with van der Waals surface area (Å²) >= 11 is 0. The summed E-state index contributed by atoms with van der Waals surface area (Å²) in [6, 6.07) is 58.8. The lowest BCUT2D eigenvalue weighted by Crippen LogP contribution is -2.05. The lowest BCUT2D eigenvalue weighted by atomic mass is 10.1. The fourth-order valence-electron chi connectivity index (χ4n) is 8.97. The van der Waals surface area contributed by atoms with Crippen LogP contribution >= 0.6 is 0 Å². The second-order valence-corrected chi connectivity index (χ2v) is 17.1. The van der Waals surface area contributed by atoms with E-state index in [9.17, 15) is 0 Å². The highest BCUT2D eigenvalue weighted by Crippen LogP contribution is 2.40. The quantitative estimate of drug-likeness (QED) is 0.135. The first-order valence-corrected chi connectivity index (χ1v) is 23.1. The molecule has 0 radical (unpaired) electrons. The number of hydrogen-bond acceptors (Lipinski definition) is 12. The maximum Gasteiger partial charge on any atom is 0.166 e. The number of hydrogen-bond donors (Lipinski definition) is 0. The average Bonchev–Trinajstić information content (AvgIpc) is 3.73. The van der Waals surface area contributed by atoms with Gasteiger partial charge < -0.3 is 4.57 Å². The lowest BCUT2D eigenvalue weighted by molar-refractivity contribution is 0.928. The van der Waals surface area contributed by atoms with Gasteiger partial charge >= 0.3 is 0 Å². The molecule has 0 saturated carbocycles. The van der Waals surface area contributed by atoms with Gasteiger partial charge in [-0.3, -0.25) is 0 Å². The van der Waals surface area contributed by atoms with E-state index in [1.807, 2.05) is 149 Å². The number of benzene rings is 7. The first-order chi connectivity index (χ1) is 34.8. The van der Waals surface area contributed by atoms with Gasteiger partial charge in [0, 0.05) is 55.3 Å². The van der Waals surface area contributed by atoms with Crippen molar-refractivity contribution in [1.82, 2.24) is 64.4 Å². The summed E-state index contributed by atoms with van der Waals surface area (Å²) < 4.78 is 2.26. The summed E-state index contributed by atoms with van der Waals surface area (Å²) in [6.45, 7) is 7.53. The van der Waals surface area contributed by atoms with Crippen molar-refractivity contribution in [3.05, 3.63) is 199 Å². The van der Waals surface area contributed by atoms with E-state index < -0.39 is 0 Å². The molecule has 13 nitrogen and oxygen atoms in total. The minimum atomic E-state index is 0.464. The molecule has 0 aliphatic rings. The molecule has 0 spiro atoms. The van der Waals surface area contributed by atoms with Crippen LogP contribution in [0.15, 0.2) is 176 Å². The van der Waals surface area contributed by atoms with Crippen molar-refractivity contribution in [3.63, 3.8) is 0 Å². The van der Waals surface area contributed by atoms with Crippen LogP contribution in [-0.4, -0.2) is 64.4 Å². The number of rotatable bonds is 9. The Kier molecular flexibility index (Phi) is 10.7. The van der Waals surface area contributed by atoms with Gasteiger partial charge in [0.25, 0.3) is 0 Å². The summed E-state index contributed by atoms with van der Waals surface area (Å²) in [5.74, 6) is 6.91. The Bertz CT molecular complexity index is 3710. The predicted octanol–water partition coefficient (Wildman–Crippen LogP) is 12.1. The average molecular weight is 920 g/mol. The van der Waals surface area contributed by atoms with Crippen molar-refractivity contribution in [2.45, 2.75) is 27.7 Å². The Labute approximate surface area is 408 Å². The molecule has 0 bridgehead atoms. The molecule has 0 atom stereocenters. The molecular weight excluding hydrogens is 879 g/mol. The largest absolute Gasteiger partial charge is 0.308 e. The van der Waals surface area contributed by atoms with Gasteiger partial charge in [0.05, 0.1) is 16.7 Å². The van der Waals surface area contributed by atoms with Crippen molar-refractivity contribution in [3.8, 4) is 96.8 Å². The van der Waals surface area contributed by atoms with E-state index in [1.54, 1.807) is 0 Å². The van der Waals surface area contributed by atoms with Crippen molar-refractivity contribution in [1.29, 1.82) is 0 Å². The third-order valence-electron chi connectivity index (χ3n) is 12.1. The van der Waals surface area contributed by atoms with E-state index in [0.29, 0.717) is 69.9 Å². The van der Waals surface area contributed by atoms with Crippen LogP contribution in [-0.2, 0) is 0 Å². The van der Waals surface area contributed by atoms with Crippen LogP contribution in [0.25, 0.3) is 119 Å². The minimum Gasteiger partial charge on any atom is -0.308 e. The fourth-order valence-corrected chi connectivity index (χ4v) is 8.97. The molecular formula is C58H41N13. The third kappa shape index (κ3) is 8.31. The van der Waals surface area contributed by atoms with Gasteiger partial charge in [0.15, 0.2) is 46.6 Å². The van der Waals surface area contributed by atoms with Gasteiger partial charge in [0.1, 0.15) is 23.3 Å². The van der Waals surface area contributed by atoms with Gasteiger partial charge in [-0.1, -0.05) is 121 Å². The van der Waals surface area contributed by atoms with E-state index >= 15 is 0 Å². The van der Waals surface area contributed by atoms with Crippen molar-refractivity contribution >= 4 is 21.8 Å². The summed E-state index contributed by atoms with van der Waals surface area (Å²) in [4.78, 5) is 58.9. The first kappa shape index (κ1) is 42.7. The fraction of sp³-hybridized carbons (Fsp3) is 0.0690. The molecule has 5 aromatic heterocycles. The smallest absolute Gasteiger partial charge is 0.166 e. The zero-order valence-electron chi connectivity index (χ0n) is 39.1. The van der Waals surface area contributed by atoms with E-state index in [4.69, 9.17) is 49.8 Å². The normalized spacial score (nSPS) is 11.4. The second kappa shape index (κ2) is 17.8. The summed E-state index contributed by atoms with van der Waals surface area (Å²) in [6.07, 6.45) is 0. The molecule has 7 aromatic carbocycles. The maximum absolute atomic E-state index is 5.30. The SMILES string of the molecule is Cc1nc(C)nc(-c2ccc3c(c2)c2cc(-c4nc(C)nc(C)n4)ccc2n3-c2ccc(-c3nc(-c4ccccc4)nc(-c4ccccc4)n3)cc2-c2nc(-c3ccccc3)nc(-c3ccccc3)n2)n1. The van der Waals surface area contributed by atoms with Crippen LogP contribution in [0.1, 0.15) is 23.3 Å². The van der Waals surface area contributed by atoms with Crippen molar-refractivity contribution in [2.24, 2.45) is 0 Å². The minimum absolute atomic E-state index is 0.464. The van der Waals surface area contributed by atoms with Crippen molar-refractivity contribution in [2.75, 3.05) is 0 Å². The Morgan fingerprint density at radius 2 is 0.549 bits per heavy atom. The van der Waals surface area contributed by atoms with E-state index in [1.165, 1.54) is 0 Å². The molecule has 0 saturated heterocycles. The summed E-state index contributed by atoms with van der Waals surface area (Å²) in [5, 5.41) is 1.94. The van der Waals surface area contributed by atoms with Crippen molar-refractivity contribution < 1.29 is 0 Å².